The molecule has 0 bridgehead atoms. The quantitative estimate of drug-likeness (QED) is 0.167. The van der Waals surface area contributed by atoms with E-state index in [1.807, 2.05) is 42.5 Å². The Morgan fingerprint density at radius 1 is 0.568 bits per heavy atom. The fourth-order valence-electron chi connectivity index (χ4n) is 4.48. The van der Waals surface area contributed by atoms with E-state index in [2.05, 4.69) is 10.2 Å². The molecule has 0 N–H and O–H groups in total. The molecule has 2 heterocycles. The summed E-state index contributed by atoms with van der Waals surface area (Å²) < 4.78 is 83.4. The van der Waals surface area contributed by atoms with Crippen molar-refractivity contribution >= 4 is 43.0 Å². The van der Waals surface area contributed by atoms with Crippen molar-refractivity contribution in [2.24, 2.45) is 0 Å². The van der Waals surface area contributed by atoms with Crippen LogP contribution in [0.1, 0.15) is 11.1 Å². The van der Waals surface area contributed by atoms with Crippen LogP contribution >= 0.6 is 11.3 Å². The van der Waals surface area contributed by atoms with Gasteiger partial charge in [-0.2, -0.15) is 26.3 Å². The third-order valence-corrected chi connectivity index (χ3v) is 7.34. The number of aromatic nitrogens is 2. The summed E-state index contributed by atoms with van der Waals surface area (Å²) in [5.74, 6) is 0. The molecule has 0 unspecified atom stereocenters. The molecule has 6 rings (SSSR count). The summed E-state index contributed by atoms with van der Waals surface area (Å²) in [5, 5.41) is 11.7. The van der Waals surface area contributed by atoms with E-state index in [4.69, 9.17) is 0 Å². The first-order chi connectivity index (χ1) is 17.6. The monoisotopic (exact) mass is 524 g/mol. The van der Waals surface area contributed by atoms with Crippen LogP contribution in [0, 0.1) is 0 Å². The van der Waals surface area contributed by atoms with Gasteiger partial charge in [0.25, 0.3) is 0 Å². The van der Waals surface area contributed by atoms with E-state index in [-0.39, 0.29) is 11.1 Å². The lowest BCUT2D eigenvalue weighted by atomic mass is 9.94. The topological polar surface area (TPSA) is 25.8 Å². The third-order valence-electron chi connectivity index (χ3n) is 6.21. The van der Waals surface area contributed by atoms with Gasteiger partial charge in [-0.05, 0) is 58.6 Å². The van der Waals surface area contributed by atoms with Gasteiger partial charge in [0.05, 0.1) is 16.0 Å². The molecule has 6 aromatic rings. The lowest BCUT2D eigenvalue weighted by Gasteiger charge is -2.17. The van der Waals surface area contributed by atoms with Crippen LogP contribution in [0.15, 0.2) is 84.9 Å². The molecule has 0 atom stereocenters. The van der Waals surface area contributed by atoms with Crippen LogP contribution in [0.5, 0.6) is 0 Å². The molecule has 0 saturated carbocycles. The highest BCUT2D eigenvalue weighted by Crippen LogP contribution is 2.44. The fourth-order valence-corrected chi connectivity index (χ4v) is 5.54. The number of hydrogen-bond acceptors (Lipinski definition) is 3. The highest BCUT2D eigenvalue weighted by molar-refractivity contribution is 7.22. The van der Waals surface area contributed by atoms with Crippen LogP contribution < -0.4 is 0 Å². The molecule has 9 heteroatoms. The van der Waals surface area contributed by atoms with Crippen molar-refractivity contribution in [1.82, 2.24) is 10.2 Å². The van der Waals surface area contributed by atoms with Gasteiger partial charge in [-0.25, -0.2) is 0 Å². The molecule has 0 aliphatic carbocycles. The van der Waals surface area contributed by atoms with Gasteiger partial charge in [-0.15, -0.1) is 21.5 Å². The van der Waals surface area contributed by atoms with Gasteiger partial charge in [0.15, 0.2) is 0 Å². The minimum absolute atomic E-state index is 0.260. The maximum atomic E-state index is 14.0. The zero-order valence-electron chi connectivity index (χ0n) is 18.7. The Morgan fingerprint density at radius 3 is 1.78 bits per heavy atom. The highest BCUT2D eigenvalue weighted by Gasteiger charge is 2.38. The first-order valence-corrected chi connectivity index (χ1v) is 11.9. The van der Waals surface area contributed by atoms with Gasteiger partial charge in [0.2, 0.25) is 0 Å². The van der Waals surface area contributed by atoms with Crippen molar-refractivity contribution in [3.05, 3.63) is 96.1 Å². The number of thiophene rings is 1. The van der Waals surface area contributed by atoms with Crippen LogP contribution in [0.4, 0.5) is 26.3 Å². The predicted octanol–water partition coefficient (Wildman–Crippen LogP) is 9.37. The standard InChI is InChI=1S/C28H14F6N2S/c29-27(30,31)18-9-10-22(28(32,33)34)21(14-18)25-19-11-15-5-1-2-6-16(15)12-20(19)26(36-35-25)24-13-17-7-3-4-8-23(17)37-24/h1-14H. The summed E-state index contributed by atoms with van der Waals surface area (Å²) >= 11 is 1.45. The van der Waals surface area contributed by atoms with Gasteiger partial charge in [-0.1, -0.05) is 42.5 Å². The summed E-state index contributed by atoms with van der Waals surface area (Å²) in [6, 6.07) is 21.7. The van der Waals surface area contributed by atoms with Crippen molar-refractivity contribution in [1.29, 1.82) is 0 Å². The first kappa shape index (κ1) is 23.4. The largest absolute Gasteiger partial charge is 0.417 e. The Balaban J connectivity index is 1.70. The van der Waals surface area contributed by atoms with E-state index >= 15 is 0 Å². The van der Waals surface area contributed by atoms with Crippen molar-refractivity contribution in [3.63, 3.8) is 0 Å². The Labute approximate surface area is 209 Å². The van der Waals surface area contributed by atoms with E-state index < -0.39 is 29.0 Å². The first-order valence-electron chi connectivity index (χ1n) is 11.1. The molecule has 0 spiro atoms. The zero-order valence-corrected chi connectivity index (χ0v) is 19.5. The second-order valence-corrected chi connectivity index (χ2v) is 9.63. The number of alkyl halides is 6. The average Bonchev–Trinajstić information content (AvgIpc) is 3.29. The summed E-state index contributed by atoms with van der Waals surface area (Å²) in [6.45, 7) is 0. The van der Waals surface area contributed by atoms with Gasteiger partial charge in [0.1, 0.15) is 11.4 Å². The van der Waals surface area contributed by atoms with Crippen LogP contribution in [0.2, 0.25) is 0 Å². The molecular weight excluding hydrogens is 510 g/mol. The molecule has 0 aliphatic heterocycles. The number of nitrogens with zero attached hydrogens (tertiary/aromatic N) is 2. The molecule has 4 aromatic carbocycles. The maximum absolute atomic E-state index is 14.0. The van der Waals surface area contributed by atoms with E-state index in [1.165, 1.54) is 11.3 Å². The number of halogens is 6. The van der Waals surface area contributed by atoms with Crippen LogP contribution in [-0.4, -0.2) is 10.2 Å². The van der Waals surface area contributed by atoms with Gasteiger partial charge in [0, 0.05) is 21.0 Å². The van der Waals surface area contributed by atoms with Gasteiger partial charge < -0.3 is 0 Å². The predicted molar refractivity (Wildman–Crippen MR) is 133 cm³/mol. The molecular formula is C28H14F6N2S. The molecule has 2 nitrogen and oxygen atoms in total. The lowest BCUT2D eigenvalue weighted by molar-refractivity contribution is -0.141. The van der Waals surface area contributed by atoms with Gasteiger partial charge >= 0.3 is 12.4 Å². The Bertz CT molecular complexity index is 1790. The molecule has 184 valence electrons. The minimum Gasteiger partial charge on any atom is -0.166 e. The minimum atomic E-state index is -4.89. The second kappa shape index (κ2) is 8.27. The maximum Gasteiger partial charge on any atom is 0.417 e. The number of hydrogen-bond donors (Lipinski definition) is 0. The van der Waals surface area contributed by atoms with E-state index in [0.29, 0.717) is 34.7 Å². The molecule has 0 fully saturated rings. The van der Waals surface area contributed by atoms with Crippen molar-refractivity contribution in [3.8, 4) is 21.8 Å². The molecule has 0 saturated heterocycles. The Hall–Kier alpha value is -3.98. The van der Waals surface area contributed by atoms with E-state index in [1.54, 1.807) is 24.3 Å². The number of fused-ring (bicyclic) bond motifs is 3. The summed E-state index contributed by atoms with van der Waals surface area (Å²) in [6.07, 6.45) is -9.72. The van der Waals surface area contributed by atoms with E-state index in [9.17, 15) is 26.3 Å². The normalized spacial score (nSPS) is 12.6. The lowest BCUT2D eigenvalue weighted by Crippen LogP contribution is -2.12. The number of rotatable bonds is 2. The van der Waals surface area contributed by atoms with Crippen molar-refractivity contribution < 1.29 is 26.3 Å². The van der Waals surface area contributed by atoms with Crippen molar-refractivity contribution in [2.75, 3.05) is 0 Å². The van der Waals surface area contributed by atoms with Crippen molar-refractivity contribution in [2.45, 2.75) is 12.4 Å². The fraction of sp³-hybridized carbons (Fsp3) is 0.0714. The molecule has 0 radical (unpaired) electrons. The highest BCUT2D eigenvalue weighted by atomic mass is 32.1. The zero-order chi connectivity index (χ0) is 25.9. The molecule has 2 aromatic heterocycles. The molecule has 37 heavy (non-hydrogen) atoms. The summed E-state index contributed by atoms with van der Waals surface area (Å²) in [5.41, 5.74) is -2.88. The smallest absolute Gasteiger partial charge is 0.166 e. The van der Waals surface area contributed by atoms with Crippen LogP contribution in [-0.2, 0) is 12.4 Å². The van der Waals surface area contributed by atoms with Crippen LogP contribution in [0.25, 0.3) is 53.5 Å². The van der Waals surface area contributed by atoms with E-state index in [0.717, 1.165) is 20.3 Å². The third kappa shape index (κ3) is 4.09. The molecule has 0 aliphatic rings. The Kier molecular flexibility index (Phi) is 5.24. The molecule has 0 amide bonds. The van der Waals surface area contributed by atoms with Crippen LogP contribution in [0.3, 0.4) is 0 Å². The summed E-state index contributed by atoms with van der Waals surface area (Å²) in [7, 11) is 0. The SMILES string of the molecule is FC(F)(F)c1ccc(C(F)(F)F)c(-c2nnc(-c3cc4ccccc4s3)c3cc4ccccc4cc23)c1. The van der Waals surface area contributed by atoms with Gasteiger partial charge in [-0.3, -0.25) is 0 Å². The second-order valence-electron chi connectivity index (χ2n) is 8.55. The number of benzene rings is 4. The summed E-state index contributed by atoms with van der Waals surface area (Å²) in [4.78, 5) is 0.751. The Morgan fingerprint density at radius 2 is 1.16 bits per heavy atom. The average molecular weight is 524 g/mol.